The van der Waals surface area contributed by atoms with Gasteiger partial charge in [-0.3, -0.25) is 14.9 Å². The largest absolute Gasteiger partial charge is 0.462 e. The molecule has 0 unspecified atom stereocenters. The third-order valence-corrected chi connectivity index (χ3v) is 4.02. The maximum Gasteiger partial charge on any atom is 0.292 e. The number of amides is 1. The first kappa shape index (κ1) is 16.6. The lowest BCUT2D eigenvalue weighted by Crippen LogP contribution is -2.16. The van der Waals surface area contributed by atoms with Gasteiger partial charge in [-0.15, -0.1) is 10.2 Å². The van der Waals surface area contributed by atoms with Crippen molar-refractivity contribution >= 4 is 33.8 Å². The minimum absolute atomic E-state index is 0.0323. The fourth-order valence-electron chi connectivity index (χ4n) is 2.05. The highest BCUT2D eigenvalue weighted by Crippen LogP contribution is 2.26. The Bertz CT molecular complexity index is 878. The zero-order chi connectivity index (χ0) is 17.6. The molecule has 0 saturated carbocycles. The summed E-state index contributed by atoms with van der Waals surface area (Å²) in [5.41, 5.74) is 0.339. The van der Waals surface area contributed by atoms with Crippen molar-refractivity contribution in [3.05, 3.63) is 52.8 Å². The van der Waals surface area contributed by atoms with Gasteiger partial charge in [0.05, 0.1) is 11.2 Å². The quantitative estimate of drug-likeness (QED) is 0.490. The molecule has 0 aliphatic heterocycles. The monoisotopic (exact) mass is 359 g/mol. The number of nitro groups is 1. The molecule has 3 rings (SSSR count). The molecule has 0 spiro atoms. The van der Waals surface area contributed by atoms with Gasteiger partial charge in [0.1, 0.15) is 5.69 Å². The van der Waals surface area contributed by atoms with Crippen LogP contribution >= 0.6 is 11.3 Å². The molecule has 0 aliphatic carbocycles. The van der Waals surface area contributed by atoms with E-state index in [2.05, 4.69) is 20.8 Å². The van der Waals surface area contributed by atoms with E-state index in [1.165, 1.54) is 23.7 Å². The molecule has 0 radical (unpaired) electrons. The highest BCUT2D eigenvalue weighted by molar-refractivity contribution is 7.18. The predicted molar refractivity (Wildman–Crippen MR) is 92.4 cm³/mol. The van der Waals surface area contributed by atoms with Crippen molar-refractivity contribution in [3.63, 3.8) is 0 Å². The van der Waals surface area contributed by atoms with Crippen LogP contribution < -0.4 is 10.6 Å². The van der Waals surface area contributed by atoms with Crippen LogP contribution in [-0.2, 0) is 4.79 Å². The Labute approximate surface area is 145 Å². The molecule has 0 fully saturated rings. The first-order valence-electron chi connectivity index (χ1n) is 7.28. The van der Waals surface area contributed by atoms with E-state index in [4.69, 9.17) is 4.42 Å². The molecule has 9 nitrogen and oxygen atoms in total. The lowest BCUT2D eigenvalue weighted by atomic mass is 10.2. The summed E-state index contributed by atoms with van der Waals surface area (Å²) in [6, 6.07) is 9.76. The third-order valence-electron chi connectivity index (χ3n) is 3.17. The summed E-state index contributed by atoms with van der Waals surface area (Å²) in [4.78, 5) is 22.4. The number of hydrogen-bond donors (Lipinski definition) is 2. The molecule has 0 saturated heterocycles. The first-order chi connectivity index (χ1) is 12.1. The molecule has 10 heteroatoms. The highest BCUT2D eigenvalue weighted by Gasteiger charge is 2.13. The van der Waals surface area contributed by atoms with Gasteiger partial charge in [-0.25, -0.2) is 0 Å². The Morgan fingerprint density at radius 2 is 2.08 bits per heavy atom. The highest BCUT2D eigenvalue weighted by atomic mass is 32.1. The molecule has 0 atom stereocenters. The second-order valence-corrected chi connectivity index (χ2v) is 5.87. The third kappa shape index (κ3) is 4.18. The number of nitrogens with one attached hydrogen (secondary N) is 2. The van der Waals surface area contributed by atoms with Gasteiger partial charge in [0.15, 0.2) is 10.8 Å². The van der Waals surface area contributed by atoms with Crippen molar-refractivity contribution in [2.24, 2.45) is 0 Å². The fraction of sp³-hybridized carbons (Fsp3) is 0.133. The van der Waals surface area contributed by atoms with Crippen molar-refractivity contribution in [2.45, 2.75) is 6.42 Å². The average Bonchev–Trinajstić information content (AvgIpc) is 3.26. The van der Waals surface area contributed by atoms with E-state index in [9.17, 15) is 14.9 Å². The Hall–Kier alpha value is -3.27. The number of benzene rings is 1. The normalized spacial score (nSPS) is 10.4. The number of nitrogens with zero attached hydrogens (tertiary/aromatic N) is 3. The van der Waals surface area contributed by atoms with Crippen LogP contribution in [0.5, 0.6) is 0 Å². The van der Waals surface area contributed by atoms with Crippen LogP contribution in [0.3, 0.4) is 0 Å². The molecule has 2 heterocycles. The van der Waals surface area contributed by atoms with E-state index >= 15 is 0 Å². The molecule has 25 heavy (non-hydrogen) atoms. The van der Waals surface area contributed by atoms with Crippen molar-refractivity contribution < 1.29 is 14.1 Å². The summed E-state index contributed by atoms with van der Waals surface area (Å²) in [6.07, 6.45) is 1.66. The Morgan fingerprint density at radius 3 is 2.84 bits per heavy atom. The number of para-hydroxylation sites is 2. The zero-order valence-corrected chi connectivity index (χ0v) is 13.7. The second-order valence-electron chi connectivity index (χ2n) is 4.89. The summed E-state index contributed by atoms with van der Waals surface area (Å²) < 4.78 is 5.21. The molecule has 2 aromatic heterocycles. The van der Waals surface area contributed by atoms with Gasteiger partial charge in [0.25, 0.3) is 5.69 Å². The first-order valence-corrected chi connectivity index (χ1v) is 8.09. The van der Waals surface area contributed by atoms with E-state index in [0.29, 0.717) is 21.6 Å². The summed E-state index contributed by atoms with van der Waals surface area (Å²) in [5, 5.41) is 25.2. The van der Waals surface area contributed by atoms with Crippen LogP contribution in [0.1, 0.15) is 6.42 Å². The summed E-state index contributed by atoms with van der Waals surface area (Å²) in [5.74, 6) is 0.310. The summed E-state index contributed by atoms with van der Waals surface area (Å²) in [6.45, 7) is 0.251. The molecule has 128 valence electrons. The topological polar surface area (TPSA) is 123 Å². The van der Waals surface area contributed by atoms with Crippen molar-refractivity contribution in [1.29, 1.82) is 0 Å². The number of aromatic nitrogens is 2. The molecule has 1 aromatic carbocycles. The maximum atomic E-state index is 11.9. The van der Waals surface area contributed by atoms with Gasteiger partial charge in [-0.05, 0) is 18.2 Å². The molecule has 2 N–H and O–H groups in total. The van der Waals surface area contributed by atoms with Crippen LogP contribution in [0.25, 0.3) is 10.8 Å². The number of furan rings is 1. The molecule has 1 amide bonds. The number of carbonyl (C=O) groups excluding carboxylic acids is 1. The van der Waals surface area contributed by atoms with Gasteiger partial charge in [0.2, 0.25) is 11.0 Å². The van der Waals surface area contributed by atoms with Crippen LogP contribution in [0.4, 0.5) is 16.5 Å². The van der Waals surface area contributed by atoms with Crippen molar-refractivity contribution in [2.75, 3.05) is 17.2 Å². The molecule has 3 aromatic rings. The Balaban J connectivity index is 1.51. The van der Waals surface area contributed by atoms with E-state index < -0.39 is 4.92 Å². The molecular formula is C15H13N5O4S. The molecular weight excluding hydrogens is 346 g/mol. The van der Waals surface area contributed by atoms with Gasteiger partial charge in [0, 0.05) is 19.0 Å². The van der Waals surface area contributed by atoms with Crippen LogP contribution in [-0.4, -0.2) is 27.6 Å². The summed E-state index contributed by atoms with van der Waals surface area (Å²) in [7, 11) is 0. The lowest BCUT2D eigenvalue weighted by molar-refractivity contribution is -0.384. The predicted octanol–water partition coefficient (Wildman–Crippen LogP) is 3.15. The van der Waals surface area contributed by atoms with Crippen LogP contribution in [0.2, 0.25) is 0 Å². The lowest BCUT2D eigenvalue weighted by Gasteiger charge is -2.06. The van der Waals surface area contributed by atoms with E-state index in [-0.39, 0.29) is 24.6 Å². The summed E-state index contributed by atoms with van der Waals surface area (Å²) >= 11 is 1.20. The van der Waals surface area contributed by atoms with E-state index in [1.807, 2.05) is 0 Å². The molecule has 0 aliphatic rings. The Kier molecular flexibility index (Phi) is 5.00. The molecule has 0 bridgehead atoms. The number of rotatable bonds is 7. The zero-order valence-electron chi connectivity index (χ0n) is 12.8. The number of carbonyl (C=O) groups is 1. The second kappa shape index (κ2) is 7.53. The maximum absolute atomic E-state index is 11.9. The average molecular weight is 359 g/mol. The number of anilines is 2. The van der Waals surface area contributed by atoms with Gasteiger partial charge in [-0.1, -0.05) is 23.5 Å². The van der Waals surface area contributed by atoms with Crippen LogP contribution in [0.15, 0.2) is 47.1 Å². The SMILES string of the molecule is O=C(CCNc1ccccc1[N+](=O)[O-])Nc1nnc(-c2ccco2)s1. The van der Waals surface area contributed by atoms with Crippen LogP contribution in [0, 0.1) is 10.1 Å². The standard InChI is InChI=1S/C15H13N5O4S/c21-13(7-8-16-10-4-1-2-5-11(10)20(22)23)17-15-19-18-14(25-15)12-6-3-9-24-12/h1-6,9,16H,7-8H2,(H,17,19,21). The minimum Gasteiger partial charge on any atom is -0.462 e. The fourth-order valence-corrected chi connectivity index (χ4v) is 2.78. The van der Waals surface area contributed by atoms with Crippen molar-refractivity contribution in [1.82, 2.24) is 10.2 Å². The smallest absolute Gasteiger partial charge is 0.292 e. The van der Waals surface area contributed by atoms with E-state index in [1.54, 1.807) is 30.3 Å². The van der Waals surface area contributed by atoms with Gasteiger partial charge < -0.3 is 15.1 Å². The van der Waals surface area contributed by atoms with E-state index in [0.717, 1.165) is 0 Å². The van der Waals surface area contributed by atoms with Gasteiger partial charge >= 0.3 is 0 Å². The van der Waals surface area contributed by atoms with Gasteiger partial charge in [-0.2, -0.15) is 0 Å². The van der Waals surface area contributed by atoms with Crippen molar-refractivity contribution in [3.8, 4) is 10.8 Å². The number of nitro benzene ring substituents is 1. The number of hydrogen-bond acceptors (Lipinski definition) is 8. The minimum atomic E-state index is -0.472. The Morgan fingerprint density at radius 1 is 1.24 bits per heavy atom.